The summed E-state index contributed by atoms with van der Waals surface area (Å²) in [6, 6.07) is 5.30. The van der Waals surface area contributed by atoms with Crippen LogP contribution >= 0.6 is 22.6 Å². The molecule has 0 aromatic heterocycles. The molecule has 2 rings (SSSR count). The number of carbonyl (C=O) groups is 1. The summed E-state index contributed by atoms with van der Waals surface area (Å²) in [6.45, 7) is 2.09. The molecule has 0 aliphatic heterocycles. The summed E-state index contributed by atoms with van der Waals surface area (Å²) in [7, 11) is 0. The summed E-state index contributed by atoms with van der Waals surface area (Å²) < 4.78 is 0.950. The molecule has 1 fully saturated rings. The van der Waals surface area contributed by atoms with Crippen molar-refractivity contribution in [1.29, 1.82) is 0 Å². The highest BCUT2D eigenvalue weighted by Crippen LogP contribution is 2.34. The Balaban J connectivity index is 2.02. The van der Waals surface area contributed by atoms with Gasteiger partial charge in [0.25, 0.3) is 5.91 Å². The largest absolute Gasteiger partial charge is 0.507 e. The van der Waals surface area contributed by atoms with Gasteiger partial charge in [0.15, 0.2) is 0 Å². The van der Waals surface area contributed by atoms with Gasteiger partial charge in [-0.05, 0) is 59.5 Å². The molecule has 2 N–H and O–H groups in total. The van der Waals surface area contributed by atoms with Gasteiger partial charge in [-0.1, -0.05) is 19.8 Å². The summed E-state index contributed by atoms with van der Waals surface area (Å²) in [5.74, 6) is 0.674. The summed E-state index contributed by atoms with van der Waals surface area (Å²) in [4.78, 5) is 12.1. The van der Waals surface area contributed by atoms with Crippen molar-refractivity contribution in [2.75, 3.05) is 0 Å². The molecule has 18 heavy (non-hydrogen) atoms. The number of aromatic hydroxyl groups is 1. The van der Waals surface area contributed by atoms with Crippen LogP contribution in [-0.4, -0.2) is 17.1 Å². The van der Waals surface area contributed by atoms with Gasteiger partial charge in [-0.25, -0.2) is 0 Å². The van der Waals surface area contributed by atoms with E-state index < -0.39 is 0 Å². The van der Waals surface area contributed by atoms with E-state index in [1.807, 2.05) is 0 Å². The highest BCUT2D eigenvalue weighted by molar-refractivity contribution is 14.1. The van der Waals surface area contributed by atoms with E-state index in [-0.39, 0.29) is 17.7 Å². The smallest absolute Gasteiger partial charge is 0.255 e. The first-order chi connectivity index (χ1) is 8.60. The molecule has 0 radical (unpaired) electrons. The van der Waals surface area contributed by atoms with Crippen LogP contribution in [0.2, 0.25) is 0 Å². The van der Waals surface area contributed by atoms with E-state index in [1.54, 1.807) is 18.2 Å². The summed E-state index contributed by atoms with van der Waals surface area (Å²) in [5, 5.41) is 12.7. The fourth-order valence-electron chi connectivity index (χ4n) is 2.04. The molecule has 0 spiro atoms. The number of phenols is 1. The first kappa shape index (κ1) is 13.6. The lowest BCUT2D eigenvalue weighted by atomic mass is 10.1. The van der Waals surface area contributed by atoms with E-state index in [2.05, 4.69) is 34.8 Å². The Labute approximate surface area is 121 Å². The van der Waals surface area contributed by atoms with Crippen LogP contribution in [0.5, 0.6) is 5.75 Å². The third-order valence-corrected chi connectivity index (χ3v) is 4.02. The maximum absolute atomic E-state index is 12.1. The molecule has 1 aromatic carbocycles. The van der Waals surface area contributed by atoms with Crippen molar-refractivity contribution in [3.05, 3.63) is 27.3 Å². The zero-order valence-corrected chi connectivity index (χ0v) is 12.6. The Kier molecular flexibility index (Phi) is 4.48. The minimum absolute atomic E-state index is 0.0502. The molecule has 3 nitrogen and oxygen atoms in total. The lowest BCUT2D eigenvalue weighted by Crippen LogP contribution is -2.34. The van der Waals surface area contributed by atoms with E-state index in [0.717, 1.165) is 22.3 Å². The molecule has 1 amide bonds. The normalized spacial score (nSPS) is 16.3. The van der Waals surface area contributed by atoms with Crippen molar-refractivity contribution < 1.29 is 9.90 Å². The Bertz CT molecular complexity index is 443. The first-order valence-electron chi connectivity index (χ1n) is 6.39. The van der Waals surface area contributed by atoms with Crippen LogP contribution in [0.4, 0.5) is 0 Å². The minimum atomic E-state index is -0.168. The summed E-state index contributed by atoms with van der Waals surface area (Å²) in [6.07, 6.45) is 4.58. The second kappa shape index (κ2) is 5.91. The van der Waals surface area contributed by atoms with Gasteiger partial charge in [-0.2, -0.15) is 0 Å². The van der Waals surface area contributed by atoms with Crippen LogP contribution in [0, 0.1) is 9.49 Å². The third kappa shape index (κ3) is 3.60. The lowest BCUT2D eigenvalue weighted by Gasteiger charge is -2.17. The van der Waals surface area contributed by atoms with Crippen LogP contribution in [0.3, 0.4) is 0 Å². The predicted octanol–water partition coefficient (Wildman–Crippen LogP) is 3.31. The van der Waals surface area contributed by atoms with Crippen LogP contribution in [0.1, 0.15) is 43.0 Å². The van der Waals surface area contributed by atoms with E-state index >= 15 is 0 Å². The van der Waals surface area contributed by atoms with Crippen molar-refractivity contribution in [2.24, 2.45) is 5.92 Å². The molecule has 1 aliphatic carbocycles. The van der Waals surface area contributed by atoms with Gasteiger partial charge in [0, 0.05) is 9.61 Å². The van der Waals surface area contributed by atoms with Crippen LogP contribution < -0.4 is 5.32 Å². The first-order valence-corrected chi connectivity index (χ1v) is 7.47. The monoisotopic (exact) mass is 359 g/mol. The maximum Gasteiger partial charge on any atom is 0.255 e. The van der Waals surface area contributed by atoms with Crippen LogP contribution in [0.15, 0.2) is 18.2 Å². The van der Waals surface area contributed by atoms with Crippen molar-refractivity contribution in [2.45, 2.75) is 38.6 Å². The molecule has 0 saturated heterocycles. The quantitative estimate of drug-likeness (QED) is 0.793. The fourth-order valence-corrected chi connectivity index (χ4v) is 2.53. The van der Waals surface area contributed by atoms with Crippen molar-refractivity contribution in [1.82, 2.24) is 5.32 Å². The average Bonchev–Trinajstić information content (AvgIpc) is 3.15. The van der Waals surface area contributed by atoms with Crippen molar-refractivity contribution in [3.63, 3.8) is 0 Å². The fraction of sp³-hybridized carbons (Fsp3) is 0.500. The molecule has 0 bridgehead atoms. The van der Waals surface area contributed by atoms with E-state index in [4.69, 9.17) is 0 Å². The number of amides is 1. The van der Waals surface area contributed by atoms with Crippen LogP contribution in [0.25, 0.3) is 0 Å². The number of hydrogen-bond donors (Lipinski definition) is 2. The van der Waals surface area contributed by atoms with Crippen LogP contribution in [-0.2, 0) is 0 Å². The standard InChI is InChI=1S/C14H18INO2/c1-2-11(7-9-3-4-9)16-14(18)12-8-10(15)5-6-13(12)17/h5-6,8-9,11,17H,2-4,7H2,1H3,(H,16,18). The zero-order valence-electron chi connectivity index (χ0n) is 10.4. The number of benzene rings is 1. The number of hydrogen-bond acceptors (Lipinski definition) is 2. The Morgan fingerprint density at radius 2 is 2.28 bits per heavy atom. The number of halogens is 1. The number of carbonyl (C=O) groups excluding carboxylic acids is 1. The van der Waals surface area contributed by atoms with Gasteiger partial charge >= 0.3 is 0 Å². The second-order valence-corrected chi connectivity index (χ2v) is 6.16. The van der Waals surface area contributed by atoms with Crippen molar-refractivity contribution in [3.8, 4) is 5.75 Å². The average molecular weight is 359 g/mol. The van der Waals surface area contributed by atoms with Gasteiger partial charge in [-0.15, -0.1) is 0 Å². The molecule has 1 saturated carbocycles. The molecule has 1 unspecified atom stereocenters. The Morgan fingerprint density at radius 1 is 1.56 bits per heavy atom. The van der Waals surface area contributed by atoms with E-state index in [9.17, 15) is 9.90 Å². The van der Waals surface area contributed by atoms with E-state index in [1.165, 1.54) is 12.8 Å². The number of rotatable bonds is 5. The van der Waals surface area contributed by atoms with Gasteiger partial charge < -0.3 is 10.4 Å². The highest BCUT2D eigenvalue weighted by Gasteiger charge is 2.26. The molecular formula is C14H18INO2. The van der Waals surface area contributed by atoms with Gasteiger partial charge in [0.1, 0.15) is 5.75 Å². The maximum atomic E-state index is 12.1. The number of nitrogens with one attached hydrogen (secondary N) is 1. The van der Waals surface area contributed by atoms with Crippen molar-refractivity contribution >= 4 is 28.5 Å². The molecular weight excluding hydrogens is 341 g/mol. The minimum Gasteiger partial charge on any atom is -0.507 e. The summed E-state index contributed by atoms with van der Waals surface area (Å²) >= 11 is 2.14. The molecule has 1 atom stereocenters. The van der Waals surface area contributed by atoms with Gasteiger partial charge in [-0.3, -0.25) is 4.79 Å². The molecule has 98 valence electrons. The third-order valence-electron chi connectivity index (χ3n) is 3.35. The SMILES string of the molecule is CCC(CC1CC1)NC(=O)c1cc(I)ccc1O. The van der Waals surface area contributed by atoms with Gasteiger partial charge in [0.05, 0.1) is 5.56 Å². The topological polar surface area (TPSA) is 49.3 Å². The molecule has 1 aromatic rings. The lowest BCUT2D eigenvalue weighted by molar-refractivity contribution is 0.0930. The molecule has 1 aliphatic rings. The molecule has 0 heterocycles. The molecule has 4 heteroatoms. The Morgan fingerprint density at radius 3 is 2.89 bits per heavy atom. The Hall–Kier alpha value is -0.780. The van der Waals surface area contributed by atoms with Gasteiger partial charge in [0.2, 0.25) is 0 Å². The second-order valence-electron chi connectivity index (χ2n) is 4.92. The van der Waals surface area contributed by atoms with E-state index in [0.29, 0.717) is 5.56 Å². The summed E-state index contributed by atoms with van der Waals surface area (Å²) in [5.41, 5.74) is 0.371. The number of phenolic OH excluding ortho intramolecular Hbond substituents is 1. The predicted molar refractivity (Wildman–Crippen MR) is 79.7 cm³/mol. The zero-order chi connectivity index (χ0) is 13.1. The highest BCUT2D eigenvalue weighted by atomic mass is 127.